The maximum Gasteiger partial charge on any atom is 0.170 e. The fraction of sp³-hybridized carbons (Fsp3) is 0.650. The van der Waals surface area contributed by atoms with E-state index in [9.17, 15) is 0 Å². The summed E-state index contributed by atoms with van der Waals surface area (Å²) in [4.78, 5) is 5.40. The second kappa shape index (κ2) is 8.02. The van der Waals surface area contributed by atoms with E-state index in [1.54, 1.807) is 0 Å². The van der Waals surface area contributed by atoms with E-state index in [2.05, 4.69) is 20.4 Å². The summed E-state index contributed by atoms with van der Waals surface area (Å²) in [6, 6.07) is 10.8. The molecule has 1 aromatic carbocycles. The van der Waals surface area contributed by atoms with E-state index in [1.165, 1.54) is 58.4 Å². The smallest absolute Gasteiger partial charge is 0.170 e. The van der Waals surface area contributed by atoms with Crippen molar-refractivity contribution in [3.8, 4) is 0 Å². The van der Waals surface area contributed by atoms with E-state index < -0.39 is 0 Å². The largest absolute Gasteiger partial charge is 0.361 e. The SMILES string of the molecule is S=C(NCC1CC2CCN1CC2CN1CCCC1)Nc1ccccc1. The predicted octanol–water partition coefficient (Wildman–Crippen LogP) is 2.78. The lowest BCUT2D eigenvalue weighted by molar-refractivity contribution is -0.00792. The predicted molar refractivity (Wildman–Crippen MR) is 108 cm³/mol. The van der Waals surface area contributed by atoms with Crippen molar-refractivity contribution in [2.75, 3.05) is 44.6 Å². The van der Waals surface area contributed by atoms with Gasteiger partial charge in [-0.15, -0.1) is 0 Å². The molecule has 25 heavy (non-hydrogen) atoms. The summed E-state index contributed by atoms with van der Waals surface area (Å²) in [6.07, 6.45) is 5.53. The van der Waals surface area contributed by atoms with E-state index in [1.807, 2.05) is 30.3 Å². The molecule has 5 heteroatoms. The zero-order valence-corrected chi connectivity index (χ0v) is 15.8. The third-order valence-electron chi connectivity index (χ3n) is 6.24. The van der Waals surface area contributed by atoms with Gasteiger partial charge in [-0.3, -0.25) is 4.90 Å². The summed E-state index contributed by atoms with van der Waals surface area (Å²) < 4.78 is 0. The van der Waals surface area contributed by atoms with Crippen LogP contribution in [0.25, 0.3) is 0 Å². The van der Waals surface area contributed by atoms with Crippen LogP contribution < -0.4 is 10.6 Å². The molecule has 0 aliphatic carbocycles. The Morgan fingerprint density at radius 3 is 2.64 bits per heavy atom. The van der Waals surface area contributed by atoms with Crippen LogP contribution in [0.4, 0.5) is 5.69 Å². The number of hydrogen-bond donors (Lipinski definition) is 2. The summed E-state index contributed by atoms with van der Waals surface area (Å²) >= 11 is 5.46. The minimum atomic E-state index is 0.643. The van der Waals surface area contributed by atoms with Crippen LogP contribution in [0.1, 0.15) is 25.7 Å². The lowest BCUT2D eigenvalue weighted by atomic mass is 9.75. The van der Waals surface area contributed by atoms with Crippen LogP contribution in [0.2, 0.25) is 0 Å². The summed E-state index contributed by atoms with van der Waals surface area (Å²) in [6.45, 7) is 7.50. The molecule has 2 bridgehead atoms. The van der Waals surface area contributed by atoms with Crippen LogP contribution >= 0.6 is 12.2 Å². The first-order chi connectivity index (χ1) is 12.3. The van der Waals surface area contributed by atoms with E-state index >= 15 is 0 Å². The van der Waals surface area contributed by atoms with Gasteiger partial charge in [0.25, 0.3) is 0 Å². The van der Waals surface area contributed by atoms with Gasteiger partial charge < -0.3 is 15.5 Å². The second-order valence-corrected chi connectivity index (χ2v) is 8.31. The lowest BCUT2D eigenvalue weighted by Gasteiger charge is -2.50. The Balaban J connectivity index is 1.24. The van der Waals surface area contributed by atoms with Crippen molar-refractivity contribution in [3.05, 3.63) is 30.3 Å². The van der Waals surface area contributed by atoms with Crippen molar-refractivity contribution in [1.82, 2.24) is 15.1 Å². The number of fused-ring (bicyclic) bond motifs is 3. The minimum Gasteiger partial charge on any atom is -0.361 e. The highest BCUT2D eigenvalue weighted by atomic mass is 32.1. The Morgan fingerprint density at radius 1 is 1.12 bits per heavy atom. The highest BCUT2D eigenvalue weighted by Gasteiger charge is 2.40. The Labute approximate surface area is 157 Å². The Hall–Kier alpha value is -1.17. The number of nitrogens with zero attached hydrogens (tertiary/aromatic N) is 2. The highest BCUT2D eigenvalue weighted by Crippen LogP contribution is 2.36. The number of benzene rings is 1. The van der Waals surface area contributed by atoms with Crippen molar-refractivity contribution in [1.29, 1.82) is 0 Å². The van der Waals surface area contributed by atoms with Gasteiger partial charge in [0.05, 0.1) is 0 Å². The molecule has 0 radical (unpaired) electrons. The number of nitrogens with one attached hydrogen (secondary N) is 2. The van der Waals surface area contributed by atoms with E-state index in [-0.39, 0.29) is 0 Å². The van der Waals surface area contributed by atoms with Crippen molar-refractivity contribution in [3.63, 3.8) is 0 Å². The number of hydrogen-bond acceptors (Lipinski definition) is 3. The molecule has 4 saturated heterocycles. The van der Waals surface area contributed by atoms with E-state index in [0.717, 1.165) is 29.2 Å². The summed E-state index contributed by atoms with van der Waals surface area (Å²) in [5.41, 5.74) is 1.05. The molecule has 4 fully saturated rings. The number of likely N-dealkylation sites (tertiary alicyclic amines) is 1. The molecule has 4 unspecified atom stereocenters. The van der Waals surface area contributed by atoms with Crippen LogP contribution in [0.5, 0.6) is 0 Å². The zero-order valence-electron chi connectivity index (χ0n) is 15.0. The molecule has 4 atom stereocenters. The van der Waals surface area contributed by atoms with Crippen LogP contribution in [0, 0.1) is 11.8 Å². The first-order valence-electron chi connectivity index (χ1n) is 9.84. The fourth-order valence-corrected chi connectivity index (χ4v) is 5.07. The molecule has 0 spiro atoms. The Bertz CT molecular complexity index is 572. The van der Waals surface area contributed by atoms with E-state index in [4.69, 9.17) is 12.2 Å². The van der Waals surface area contributed by atoms with Gasteiger partial charge in [0.1, 0.15) is 0 Å². The normalized spacial score (nSPS) is 31.8. The number of thiocarbonyl (C=S) groups is 1. The van der Waals surface area contributed by atoms with Crippen molar-refractivity contribution in [2.24, 2.45) is 11.8 Å². The maximum atomic E-state index is 5.46. The fourth-order valence-electron chi connectivity index (χ4n) is 4.87. The molecule has 4 heterocycles. The Kier molecular flexibility index (Phi) is 5.54. The van der Waals surface area contributed by atoms with Crippen molar-refractivity contribution >= 4 is 23.0 Å². The highest BCUT2D eigenvalue weighted by molar-refractivity contribution is 7.80. The van der Waals surface area contributed by atoms with Gasteiger partial charge in [-0.1, -0.05) is 18.2 Å². The first-order valence-corrected chi connectivity index (χ1v) is 10.2. The molecule has 4 nitrogen and oxygen atoms in total. The van der Waals surface area contributed by atoms with Crippen molar-refractivity contribution in [2.45, 2.75) is 31.7 Å². The molecule has 2 N–H and O–H groups in total. The topological polar surface area (TPSA) is 30.5 Å². The van der Waals surface area contributed by atoms with Crippen LogP contribution in [0.15, 0.2) is 30.3 Å². The molecule has 5 rings (SSSR count). The average Bonchev–Trinajstić information content (AvgIpc) is 3.15. The second-order valence-electron chi connectivity index (χ2n) is 7.90. The van der Waals surface area contributed by atoms with Gasteiger partial charge in [-0.2, -0.15) is 0 Å². The van der Waals surface area contributed by atoms with Crippen LogP contribution in [0.3, 0.4) is 0 Å². The first kappa shape index (κ1) is 17.3. The lowest BCUT2D eigenvalue weighted by Crippen LogP contribution is -2.58. The molecular weight excluding hydrogens is 328 g/mol. The third-order valence-corrected chi connectivity index (χ3v) is 6.48. The van der Waals surface area contributed by atoms with Gasteiger partial charge >= 0.3 is 0 Å². The summed E-state index contributed by atoms with van der Waals surface area (Å²) in [5, 5.41) is 7.46. The molecule has 0 amide bonds. The van der Waals surface area contributed by atoms with Crippen molar-refractivity contribution < 1.29 is 0 Å². The number of piperidine rings is 3. The number of anilines is 1. The maximum absolute atomic E-state index is 5.46. The summed E-state index contributed by atoms with van der Waals surface area (Å²) in [7, 11) is 0. The monoisotopic (exact) mass is 358 g/mol. The standard InChI is InChI=1S/C20H30N4S/c25-20(22-18-6-2-1-3-7-18)21-13-19-12-16-8-11-24(19)15-17(16)14-23-9-4-5-10-23/h1-3,6-7,16-17,19H,4-5,8-15H2,(H2,21,22,25). The van der Waals surface area contributed by atoms with Gasteiger partial charge in [0.2, 0.25) is 0 Å². The number of rotatable bonds is 5. The molecule has 0 aromatic heterocycles. The van der Waals surface area contributed by atoms with Gasteiger partial charge in [0.15, 0.2) is 5.11 Å². The molecule has 1 aromatic rings. The number of para-hydroxylation sites is 1. The van der Waals surface area contributed by atoms with Gasteiger partial charge in [-0.05, 0) is 81.5 Å². The van der Waals surface area contributed by atoms with Gasteiger partial charge in [-0.25, -0.2) is 0 Å². The van der Waals surface area contributed by atoms with Gasteiger partial charge in [0, 0.05) is 31.4 Å². The molecule has 4 aliphatic rings. The quantitative estimate of drug-likeness (QED) is 0.791. The van der Waals surface area contributed by atoms with Crippen LogP contribution in [-0.4, -0.2) is 60.2 Å². The average molecular weight is 359 g/mol. The molecule has 136 valence electrons. The van der Waals surface area contributed by atoms with E-state index in [0.29, 0.717) is 6.04 Å². The summed E-state index contributed by atoms with van der Waals surface area (Å²) in [5.74, 6) is 1.80. The zero-order chi connectivity index (χ0) is 17.1. The Morgan fingerprint density at radius 2 is 1.92 bits per heavy atom. The molecule has 4 aliphatic heterocycles. The van der Waals surface area contributed by atoms with Crippen LogP contribution in [-0.2, 0) is 0 Å². The molecular formula is C20H30N4S. The molecule has 0 saturated carbocycles. The minimum absolute atomic E-state index is 0.643. The third kappa shape index (κ3) is 4.33.